The molecule has 2 heterocycles. The van der Waals surface area contributed by atoms with E-state index >= 15 is 0 Å². The number of carbonyl (C=O) groups excluding carboxylic acids is 1. The quantitative estimate of drug-likeness (QED) is 0.837. The number of hydrogen-bond donors (Lipinski definition) is 0. The minimum absolute atomic E-state index is 0.168. The van der Waals surface area contributed by atoms with E-state index in [2.05, 4.69) is 21.0 Å². The Morgan fingerprint density at radius 1 is 1.58 bits per heavy atom. The largest absolute Gasteiger partial charge is 0.444 e. The predicted octanol–water partition coefficient (Wildman–Crippen LogP) is 3.05. The Morgan fingerprint density at radius 3 is 2.89 bits per heavy atom. The molecule has 106 valence electrons. The molecule has 1 aromatic rings. The Labute approximate surface area is 122 Å². The summed E-state index contributed by atoms with van der Waals surface area (Å²) in [5, 5.41) is 4.24. The van der Waals surface area contributed by atoms with Gasteiger partial charge in [0.15, 0.2) is 0 Å². The van der Waals surface area contributed by atoms with Gasteiger partial charge in [-0.15, -0.1) is 0 Å². The summed E-state index contributed by atoms with van der Waals surface area (Å²) in [7, 11) is 0. The van der Waals surface area contributed by atoms with Gasteiger partial charge in [0.05, 0.1) is 23.3 Å². The van der Waals surface area contributed by atoms with Gasteiger partial charge in [0.25, 0.3) is 0 Å². The Morgan fingerprint density at radius 2 is 2.32 bits per heavy atom. The van der Waals surface area contributed by atoms with Gasteiger partial charge in [-0.05, 0) is 49.5 Å². The lowest BCUT2D eigenvalue weighted by molar-refractivity contribution is 0.0211. The van der Waals surface area contributed by atoms with Crippen LogP contribution in [0.5, 0.6) is 0 Å². The zero-order chi connectivity index (χ0) is 14.0. The molecule has 0 aromatic carbocycles. The van der Waals surface area contributed by atoms with E-state index in [4.69, 9.17) is 4.74 Å². The lowest BCUT2D eigenvalue weighted by Gasteiger charge is -2.28. The molecular weight excluding hydrogens is 310 g/mol. The van der Waals surface area contributed by atoms with Crippen molar-refractivity contribution in [3.05, 3.63) is 16.9 Å². The van der Waals surface area contributed by atoms with Gasteiger partial charge in [-0.3, -0.25) is 4.68 Å². The van der Waals surface area contributed by atoms with Crippen molar-refractivity contribution in [3.63, 3.8) is 0 Å². The summed E-state index contributed by atoms with van der Waals surface area (Å²) >= 11 is 3.38. The van der Waals surface area contributed by atoms with Gasteiger partial charge in [-0.25, -0.2) is 4.79 Å². The van der Waals surface area contributed by atoms with E-state index in [-0.39, 0.29) is 12.1 Å². The van der Waals surface area contributed by atoms with E-state index in [1.54, 1.807) is 6.20 Å². The Bertz CT molecular complexity index is 453. The van der Waals surface area contributed by atoms with Crippen molar-refractivity contribution in [1.29, 1.82) is 0 Å². The molecule has 1 saturated heterocycles. The van der Waals surface area contributed by atoms with Crippen LogP contribution < -0.4 is 0 Å². The summed E-state index contributed by atoms with van der Waals surface area (Å²) < 4.78 is 8.25. The minimum atomic E-state index is -0.445. The molecule has 0 bridgehead atoms. The molecule has 19 heavy (non-hydrogen) atoms. The third-order valence-corrected chi connectivity index (χ3v) is 3.41. The van der Waals surface area contributed by atoms with Crippen molar-refractivity contribution in [3.8, 4) is 0 Å². The molecule has 1 unspecified atom stereocenters. The van der Waals surface area contributed by atoms with Crippen LogP contribution in [0.2, 0.25) is 0 Å². The smallest absolute Gasteiger partial charge is 0.410 e. The monoisotopic (exact) mass is 329 g/mol. The number of carbonyl (C=O) groups is 1. The molecule has 1 aliphatic rings. The van der Waals surface area contributed by atoms with Crippen LogP contribution in [-0.2, 0) is 11.3 Å². The molecular formula is C13H20BrN3O2. The first-order valence-electron chi connectivity index (χ1n) is 6.53. The molecule has 5 nitrogen and oxygen atoms in total. The summed E-state index contributed by atoms with van der Waals surface area (Å²) in [6, 6.07) is 0.168. The summed E-state index contributed by atoms with van der Waals surface area (Å²) in [5.41, 5.74) is -0.445. The highest BCUT2D eigenvalue weighted by Gasteiger charge is 2.32. The number of rotatable bonds is 2. The number of likely N-dealkylation sites (tertiary alicyclic amines) is 1. The highest BCUT2D eigenvalue weighted by molar-refractivity contribution is 9.10. The van der Waals surface area contributed by atoms with Crippen molar-refractivity contribution in [1.82, 2.24) is 14.7 Å². The van der Waals surface area contributed by atoms with E-state index in [0.29, 0.717) is 6.54 Å². The molecule has 1 atom stereocenters. The van der Waals surface area contributed by atoms with Gasteiger partial charge >= 0.3 is 6.09 Å². The third kappa shape index (κ3) is 3.96. The molecule has 1 fully saturated rings. The number of amides is 1. The first-order chi connectivity index (χ1) is 8.85. The van der Waals surface area contributed by atoms with Gasteiger partial charge in [0.1, 0.15) is 5.60 Å². The molecule has 0 spiro atoms. The van der Waals surface area contributed by atoms with E-state index in [0.717, 1.165) is 23.9 Å². The van der Waals surface area contributed by atoms with E-state index in [1.807, 2.05) is 36.5 Å². The maximum Gasteiger partial charge on any atom is 0.410 e. The van der Waals surface area contributed by atoms with E-state index in [9.17, 15) is 4.79 Å². The highest BCUT2D eigenvalue weighted by atomic mass is 79.9. The van der Waals surface area contributed by atoms with Crippen molar-refractivity contribution < 1.29 is 9.53 Å². The molecule has 0 N–H and O–H groups in total. The molecule has 0 aliphatic carbocycles. The topological polar surface area (TPSA) is 47.4 Å². The summed E-state index contributed by atoms with van der Waals surface area (Å²) in [6.45, 7) is 7.15. The zero-order valence-corrected chi connectivity index (χ0v) is 13.2. The van der Waals surface area contributed by atoms with Crippen molar-refractivity contribution in [2.75, 3.05) is 6.54 Å². The van der Waals surface area contributed by atoms with Crippen LogP contribution in [0.25, 0.3) is 0 Å². The first-order valence-corrected chi connectivity index (χ1v) is 7.32. The maximum atomic E-state index is 12.1. The predicted molar refractivity (Wildman–Crippen MR) is 75.9 cm³/mol. The average molecular weight is 330 g/mol. The zero-order valence-electron chi connectivity index (χ0n) is 11.6. The summed E-state index contributed by atoms with van der Waals surface area (Å²) in [5.74, 6) is 0. The van der Waals surface area contributed by atoms with E-state index in [1.165, 1.54) is 0 Å². The SMILES string of the molecule is CC(C)(C)OC(=O)N1CCCC1Cn1cc(Br)cn1. The van der Waals surface area contributed by atoms with Crippen LogP contribution in [0.4, 0.5) is 4.79 Å². The number of hydrogen-bond acceptors (Lipinski definition) is 3. The Hall–Kier alpha value is -1.04. The van der Waals surface area contributed by atoms with Gasteiger partial charge in [0.2, 0.25) is 0 Å². The van der Waals surface area contributed by atoms with Crippen LogP contribution in [-0.4, -0.2) is 39.0 Å². The molecule has 1 amide bonds. The molecule has 2 rings (SSSR count). The second-order valence-electron chi connectivity index (χ2n) is 5.85. The fourth-order valence-electron chi connectivity index (χ4n) is 2.24. The van der Waals surface area contributed by atoms with Gasteiger partial charge in [0, 0.05) is 12.7 Å². The standard InChI is InChI=1S/C13H20BrN3O2/c1-13(2,3)19-12(18)17-6-4-5-11(17)9-16-8-10(14)7-15-16/h7-8,11H,4-6,9H2,1-3H3. The van der Waals surface area contributed by atoms with Gasteiger partial charge in [-0.2, -0.15) is 5.10 Å². The fourth-order valence-corrected chi connectivity index (χ4v) is 2.57. The lowest BCUT2D eigenvalue weighted by Crippen LogP contribution is -2.41. The van der Waals surface area contributed by atoms with Crippen LogP contribution in [0.3, 0.4) is 0 Å². The number of halogens is 1. The Balaban J connectivity index is 1.98. The van der Waals surface area contributed by atoms with Crippen molar-refractivity contribution >= 4 is 22.0 Å². The third-order valence-electron chi connectivity index (χ3n) is 3.00. The lowest BCUT2D eigenvalue weighted by atomic mass is 10.2. The molecule has 0 radical (unpaired) electrons. The minimum Gasteiger partial charge on any atom is -0.444 e. The molecule has 6 heteroatoms. The number of nitrogens with zero attached hydrogens (tertiary/aromatic N) is 3. The fraction of sp³-hybridized carbons (Fsp3) is 0.692. The first kappa shape index (κ1) is 14.4. The van der Waals surface area contributed by atoms with Crippen LogP contribution in [0, 0.1) is 0 Å². The van der Waals surface area contributed by atoms with Crippen LogP contribution in [0.15, 0.2) is 16.9 Å². The normalized spacial score (nSPS) is 19.8. The van der Waals surface area contributed by atoms with Gasteiger partial charge < -0.3 is 9.64 Å². The molecule has 1 aliphatic heterocycles. The maximum absolute atomic E-state index is 12.1. The summed E-state index contributed by atoms with van der Waals surface area (Å²) in [6.07, 6.45) is 5.47. The second kappa shape index (κ2) is 5.53. The van der Waals surface area contributed by atoms with E-state index < -0.39 is 5.60 Å². The number of ether oxygens (including phenoxy) is 1. The van der Waals surface area contributed by atoms with Gasteiger partial charge in [-0.1, -0.05) is 0 Å². The van der Waals surface area contributed by atoms with Crippen molar-refractivity contribution in [2.45, 2.75) is 51.8 Å². The van der Waals surface area contributed by atoms with Crippen molar-refractivity contribution in [2.24, 2.45) is 0 Å². The highest BCUT2D eigenvalue weighted by Crippen LogP contribution is 2.22. The molecule has 0 saturated carbocycles. The molecule has 1 aromatic heterocycles. The second-order valence-corrected chi connectivity index (χ2v) is 6.77. The van der Waals surface area contributed by atoms with Crippen LogP contribution >= 0.6 is 15.9 Å². The average Bonchev–Trinajstić information content (AvgIpc) is 2.86. The summed E-state index contributed by atoms with van der Waals surface area (Å²) in [4.78, 5) is 14.0. The Kier molecular flexibility index (Phi) is 4.18. The van der Waals surface area contributed by atoms with Crippen LogP contribution in [0.1, 0.15) is 33.6 Å². The number of aromatic nitrogens is 2.